The molecule has 2 atom stereocenters. The van der Waals surface area contributed by atoms with Gasteiger partial charge in [0, 0.05) is 25.7 Å². The summed E-state index contributed by atoms with van der Waals surface area (Å²) < 4.78 is 5.89. The fourth-order valence-electron chi connectivity index (χ4n) is 3.49. The Hall–Kier alpha value is -2.74. The van der Waals surface area contributed by atoms with Gasteiger partial charge >= 0.3 is 0 Å². The molecule has 0 aliphatic carbocycles. The fourth-order valence-corrected chi connectivity index (χ4v) is 8.13. The summed E-state index contributed by atoms with van der Waals surface area (Å²) in [4.78, 5) is 61.3. The van der Waals surface area contributed by atoms with Gasteiger partial charge in [-0.2, -0.15) is 0 Å². The van der Waals surface area contributed by atoms with Crippen molar-refractivity contribution in [3.05, 3.63) is 21.1 Å². The molecule has 19 heteroatoms. The standard InChI is InChI=1S/C17H17N7O8S4/c1-23-16(20-21-22-23)34-4-5-3-33-15-17(32-2,14(31)24(15)7(5)11(29)30)19-9(26)13-35-12(36-13)6(8(18)25)10(27)28/h13,15H,3-4H2,1-2H3,(H2,18,25)(H,19,26)(H,27,28)(H,29,30)/p-2. The molecule has 0 spiro atoms. The van der Waals surface area contributed by atoms with Crippen LogP contribution in [0, 0.1) is 0 Å². The second-order valence-corrected chi connectivity index (χ2v) is 12.1. The third-order valence-electron chi connectivity index (χ3n) is 5.19. The molecule has 1 aromatic heterocycles. The second-order valence-electron chi connectivity index (χ2n) is 7.26. The quantitative estimate of drug-likeness (QED) is 0.0715. The van der Waals surface area contributed by atoms with Crippen LogP contribution in [0.25, 0.3) is 0 Å². The number of β-lactam (4-membered cyclic amide) rings is 1. The third-order valence-corrected chi connectivity index (χ3v) is 10.5. The molecule has 36 heavy (non-hydrogen) atoms. The molecule has 1 aromatic rings. The molecule has 0 saturated carbocycles. The minimum absolute atomic E-state index is 0.00476. The van der Waals surface area contributed by atoms with Crippen molar-refractivity contribution in [2.45, 2.75) is 20.8 Å². The van der Waals surface area contributed by atoms with Gasteiger partial charge in [-0.15, -0.1) is 16.9 Å². The van der Waals surface area contributed by atoms with Gasteiger partial charge in [-0.3, -0.25) is 19.3 Å². The number of carbonyl (C=O) groups excluding carboxylic acids is 5. The lowest BCUT2D eigenvalue weighted by Gasteiger charge is -2.57. The first-order valence-corrected chi connectivity index (χ1v) is 13.5. The first-order chi connectivity index (χ1) is 17.0. The number of tetrazole rings is 1. The van der Waals surface area contributed by atoms with E-state index in [9.17, 15) is 34.2 Å². The predicted molar refractivity (Wildman–Crippen MR) is 123 cm³/mol. The highest BCUT2D eigenvalue weighted by molar-refractivity contribution is 8.39. The summed E-state index contributed by atoms with van der Waals surface area (Å²) in [7, 11) is 2.82. The van der Waals surface area contributed by atoms with Gasteiger partial charge in [-0.05, 0) is 16.0 Å². The van der Waals surface area contributed by atoms with Crippen LogP contribution in [0.15, 0.2) is 26.2 Å². The van der Waals surface area contributed by atoms with Crippen LogP contribution >= 0.6 is 47.0 Å². The predicted octanol–water partition coefficient (Wildman–Crippen LogP) is -4.07. The van der Waals surface area contributed by atoms with Crippen molar-refractivity contribution < 1.29 is 38.9 Å². The molecule has 2 saturated heterocycles. The number of aromatic nitrogens is 4. The summed E-state index contributed by atoms with van der Waals surface area (Å²) >= 11 is 3.89. The molecule has 15 nitrogen and oxygen atoms in total. The minimum Gasteiger partial charge on any atom is -0.545 e. The molecule has 4 heterocycles. The SMILES string of the molecule is COC1(NC(=O)C2SC(=C(C(N)=O)C(=O)[O-])S2)C(=O)N2C(C(=O)[O-])=C(CSc3nnnn3C)CSC21. The zero-order valence-corrected chi connectivity index (χ0v) is 21.5. The zero-order chi connectivity index (χ0) is 26.4. The highest BCUT2D eigenvalue weighted by Gasteiger charge is 2.66. The number of aryl methyl sites for hydroxylation is 1. The number of carboxylic acid groups (broad SMARTS) is 2. The van der Waals surface area contributed by atoms with Crippen LogP contribution in [0.3, 0.4) is 0 Å². The number of nitrogens with one attached hydrogen (secondary N) is 1. The Morgan fingerprint density at radius 3 is 2.53 bits per heavy atom. The van der Waals surface area contributed by atoms with Crippen LogP contribution in [-0.4, -0.2) is 89.1 Å². The van der Waals surface area contributed by atoms with E-state index in [-0.39, 0.29) is 21.4 Å². The Balaban J connectivity index is 1.49. The average molecular weight is 574 g/mol. The van der Waals surface area contributed by atoms with E-state index in [1.54, 1.807) is 7.05 Å². The van der Waals surface area contributed by atoms with Gasteiger partial charge in [0.25, 0.3) is 17.5 Å². The molecular weight excluding hydrogens is 558 g/mol. The van der Waals surface area contributed by atoms with Crippen molar-refractivity contribution in [1.29, 1.82) is 0 Å². The van der Waals surface area contributed by atoms with E-state index in [0.29, 0.717) is 10.7 Å². The van der Waals surface area contributed by atoms with Gasteiger partial charge < -0.3 is 35.6 Å². The number of rotatable bonds is 9. The first-order valence-electron chi connectivity index (χ1n) is 9.71. The number of fused-ring (bicyclic) bond motifs is 1. The lowest BCUT2D eigenvalue weighted by Crippen LogP contribution is -2.81. The number of aliphatic carboxylic acids is 2. The van der Waals surface area contributed by atoms with Gasteiger partial charge in [-0.1, -0.05) is 35.3 Å². The number of ether oxygens (including phenoxy) is 1. The van der Waals surface area contributed by atoms with Crippen molar-refractivity contribution in [2.24, 2.45) is 12.8 Å². The maximum Gasteiger partial charge on any atom is 0.284 e. The van der Waals surface area contributed by atoms with Crippen LogP contribution in [0.1, 0.15) is 0 Å². The summed E-state index contributed by atoms with van der Waals surface area (Å²) in [5.74, 6) is -5.65. The fraction of sp³-hybridized carbons (Fsp3) is 0.412. The van der Waals surface area contributed by atoms with Crippen LogP contribution in [0.4, 0.5) is 0 Å². The lowest BCUT2D eigenvalue weighted by molar-refractivity contribution is -0.303. The maximum absolute atomic E-state index is 13.1. The maximum atomic E-state index is 13.1. The van der Waals surface area contributed by atoms with E-state index >= 15 is 0 Å². The molecule has 2 unspecified atom stereocenters. The molecule has 0 aromatic carbocycles. The number of nitrogens with zero attached hydrogens (tertiary/aromatic N) is 5. The van der Waals surface area contributed by atoms with Crippen LogP contribution in [0.5, 0.6) is 0 Å². The van der Waals surface area contributed by atoms with Crippen molar-refractivity contribution in [3.8, 4) is 0 Å². The molecule has 3 aliphatic heterocycles. The van der Waals surface area contributed by atoms with Gasteiger partial charge in [0.05, 0.1) is 27.4 Å². The van der Waals surface area contributed by atoms with Gasteiger partial charge in [0.2, 0.25) is 11.1 Å². The van der Waals surface area contributed by atoms with E-state index < -0.39 is 50.9 Å². The number of primary amides is 1. The Morgan fingerprint density at radius 2 is 2.00 bits per heavy atom. The van der Waals surface area contributed by atoms with E-state index in [0.717, 1.165) is 28.4 Å². The van der Waals surface area contributed by atoms with Crippen molar-refractivity contribution >= 4 is 76.7 Å². The molecule has 3 amide bonds. The molecule has 3 N–H and O–H groups in total. The number of amides is 3. The highest BCUT2D eigenvalue weighted by atomic mass is 32.3. The van der Waals surface area contributed by atoms with E-state index in [1.807, 2.05) is 0 Å². The number of carboxylic acids is 2. The molecule has 0 bridgehead atoms. The van der Waals surface area contributed by atoms with Crippen molar-refractivity contribution in [1.82, 2.24) is 30.4 Å². The number of carbonyl (C=O) groups is 5. The molecule has 0 radical (unpaired) electrons. The lowest BCUT2D eigenvalue weighted by atomic mass is 9.98. The molecule has 4 rings (SSSR count). The van der Waals surface area contributed by atoms with E-state index in [4.69, 9.17) is 10.5 Å². The van der Waals surface area contributed by atoms with Crippen LogP contribution < -0.4 is 21.3 Å². The number of methoxy groups -OCH3 is 1. The highest BCUT2D eigenvalue weighted by Crippen LogP contribution is 2.53. The minimum atomic E-state index is -1.85. The Kier molecular flexibility index (Phi) is 7.28. The Bertz CT molecular complexity index is 1230. The molecular formula is C17H15N7O8S4-2. The number of hydrogen-bond donors (Lipinski definition) is 2. The number of nitrogens with two attached hydrogens (primary N) is 1. The summed E-state index contributed by atoms with van der Waals surface area (Å²) in [6.45, 7) is 0. The Morgan fingerprint density at radius 1 is 1.31 bits per heavy atom. The first kappa shape index (κ1) is 26.3. The van der Waals surface area contributed by atoms with Crippen LogP contribution in [-0.2, 0) is 35.8 Å². The summed E-state index contributed by atoms with van der Waals surface area (Å²) in [5.41, 5.74) is 2.54. The summed E-state index contributed by atoms with van der Waals surface area (Å²) in [6.07, 6.45) is 0. The monoisotopic (exact) mass is 573 g/mol. The molecule has 192 valence electrons. The summed E-state index contributed by atoms with van der Waals surface area (Å²) in [6, 6.07) is 0. The van der Waals surface area contributed by atoms with E-state index in [1.165, 1.54) is 35.3 Å². The zero-order valence-electron chi connectivity index (χ0n) is 18.3. The van der Waals surface area contributed by atoms with Gasteiger partial charge in [0.1, 0.15) is 9.96 Å². The van der Waals surface area contributed by atoms with Gasteiger partial charge in [-0.25, -0.2) is 4.68 Å². The largest absolute Gasteiger partial charge is 0.545 e. The smallest absolute Gasteiger partial charge is 0.284 e. The third kappa shape index (κ3) is 4.33. The van der Waals surface area contributed by atoms with Crippen LogP contribution in [0.2, 0.25) is 0 Å². The van der Waals surface area contributed by atoms with E-state index in [2.05, 4.69) is 20.8 Å². The average Bonchev–Trinajstić information content (AvgIpc) is 3.20. The number of hydrogen-bond acceptors (Lipinski definition) is 15. The molecule has 2 fully saturated rings. The topological polar surface area (TPSA) is 226 Å². The normalized spacial score (nSPS) is 25.0. The number of thioether (sulfide) groups is 4. The van der Waals surface area contributed by atoms with Crippen molar-refractivity contribution in [2.75, 3.05) is 18.6 Å². The van der Waals surface area contributed by atoms with Gasteiger partial charge in [0.15, 0.2) is 0 Å². The summed E-state index contributed by atoms with van der Waals surface area (Å²) in [5, 5.41) is 36.1. The Labute approximate surface area is 219 Å². The molecule has 3 aliphatic rings. The second kappa shape index (κ2) is 9.96. The van der Waals surface area contributed by atoms with Crippen molar-refractivity contribution in [3.63, 3.8) is 0 Å².